The number of para-hydroxylation sites is 1. The van der Waals surface area contributed by atoms with Gasteiger partial charge in [0.05, 0.1) is 5.56 Å². The summed E-state index contributed by atoms with van der Waals surface area (Å²) in [6.45, 7) is 4.98. The summed E-state index contributed by atoms with van der Waals surface area (Å²) >= 11 is 3.55. The summed E-state index contributed by atoms with van der Waals surface area (Å²) in [6.07, 6.45) is 1.04. The van der Waals surface area contributed by atoms with E-state index in [0.717, 1.165) is 34.3 Å². The Balaban J connectivity index is 2.04. The van der Waals surface area contributed by atoms with Crippen molar-refractivity contribution in [1.29, 1.82) is 0 Å². The molecule has 2 aromatic rings. The van der Waals surface area contributed by atoms with Crippen molar-refractivity contribution in [3.05, 3.63) is 63.6 Å². The third kappa shape index (κ3) is 2.62. The highest BCUT2D eigenvalue weighted by atomic mass is 79.9. The first-order chi connectivity index (χ1) is 10.1. The van der Waals surface area contributed by atoms with Crippen molar-refractivity contribution < 1.29 is 4.79 Å². The van der Waals surface area contributed by atoms with E-state index >= 15 is 0 Å². The van der Waals surface area contributed by atoms with Crippen molar-refractivity contribution >= 4 is 27.5 Å². The van der Waals surface area contributed by atoms with Crippen molar-refractivity contribution in [3.8, 4) is 0 Å². The lowest BCUT2D eigenvalue weighted by molar-refractivity contribution is 0.0980. The van der Waals surface area contributed by atoms with Crippen LogP contribution in [0.15, 0.2) is 46.9 Å². The lowest BCUT2D eigenvalue weighted by Gasteiger charge is -2.33. The Morgan fingerprint density at radius 2 is 1.95 bits per heavy atom. The Hall–Kier alpha value is -1.61. The predicted octanol–water partition coefficient (Wildman–Crippen LogP) is 4.60. The van der Waals surface area contributed by atoms with E-state index in [0.29, 0.717) is 5.92 Å². The van der Waals surface area contributed by atoms with Crippen molar-refractivity contribution in [2.45, 2.75) is 20.3 Å². The van der Waals surface area contributed by atoms with Gasteiger partial charge in [-0.3, -0.25) is 4.79 Å². The maximum Gasteiger partial charge on any atom is 0.259 e. The zero-order chi connectivity index (χ0) is 15.0. The van der Waals surface area contributed by atoms with E-state index in [4.69, 9.17) is 0 Å². The Labute approximate surface area is 133 Å². The average Bonchev–Trinajstić information content (AvgIpc) is 2.48. The summed E-state index contributed by atoms with van der Waals surface area (Å²) in [5.74, 6) is 0.553. The molecule has 1 aliphatic heterocycles. The molecule has 0 radical (unpaired) electrons. The Morgan fingerprint density at radius 3 is 2.76 bits per heavy atom. The van der Waals surface area contributed by atoms with Crippen LogP contribution < -0.4 is 4.90 Å². The molecule has 1 atom stereocenters. The van der Waals surface area contributed by atoms with Gasteiger partial charge >= 0.3 is 0 Å². The molecule has 2 nitrogen and oxygen atoms in total. The minimum absolute atomic E-state index is 0.0737. The van der Waals surface area contributed by atoms with E-state index in [-0.39, 0.29) is 5.91 Å². The molecule has 0 aromatic heterocycles. The first-order valence-electron chi connectivity index (χ1n) is 7.23. The number of nitrogens with zero attached hydrogens (tertiary/aromatic N) is 1. The maximum absolute atomic E-state index is 13.0. The molecule has 3 rings (SSSR count). The number of hydrogen-bond donors (Lipinski definition) is 0. The summed E-state index contributed by atoms with van der Waals surface area (Å²) < 4.78 is 0.894. The van der Waals surface area contributed by atoms with Crippen LogP contribution in [0.1, 0.15) is 28.4 Å². The van der Waals surface area contributed by atoms with E-state index < -0.39 is 0 Å². The first kappa shape index (κ1) is 14.3. The lowest BCUT2D eigenvalue weighted by Crippen LogP contribution is -2.39. The molecule has 21 heavy (non-hydrogen) atoms. The Bertz CT molecular complexity index is 695. The number of halogens is 1. The number of carbonyl (C=O) groups is 1. The topological polar surface area (TPSA) is 20.3 Å². The third-order valence-electron chi connectivity index (χ3n) is 4.01. The lowest BCUT2D eigenvalue weighted by atomic mass is 9.93. The van der Waals surface area contributed by atoms with Crippen molar-refractivity contribution in [1.82, 2.24) is 0 Å². The minimum Gasteiger partial charge on any atom is -0.308 e. The number of anilines is 1. The van der Waals surface area contributed by atoms with Crippen LogP contribution in [-0.2, 0) is 6.42 Å². The quantitative estimate of drug-likeness (QED) is 0.741. The normalized spacial score (nSPS) is 17.5. The summed E-state index contributed by atoms with van der Waals surface area (Å²) in [7, 11) is 0. The van der Waals surface area contributed by atoms with Crippen LogP contribution >= 0.6 is 15.9 Å². The molecule has 1 heterocycles. The summed E-state index contributed by atoms with van der Waals surface area (Å²) in [5.41, 5.74) is 4.13. The number of aryl methyl sites for hydroxylation is 1. The molecule has 0 saturated carbocycles. The van der Waals surface area contributed by atoms with Gasteiger partial charge in [-0.15, -0.1) is 0 Å². The number of rotatable bonds is 1. The fourth-order valence-corrected chi connectivity index (χ4v) is 3.38. The fraction of sp³-hybridized carbons (Fsp3) is 0.278. The first-order valence-corrected chi connectivity index (χ1v) is 8.02. The summed E-state index contributed by atoms with van der Waals surface area (Å²) in [6, 6.07) is 14.0. The van der Waals surface area contributed by atoms with E-state index in [1.54, 1.807) is 0 Å². The molecule has 2 aromatic carbocycles. The monoisotopic (exact) mass is 343 g/mol. The zero-order valence-corrected chi connectivity index (χ0v) is 13.9. The van der Waals surface area contributed by atoms with Crippen LogP contribution in [0.25, 0.3) is 0 Å². The van der Waals surface area contributed by atoms with Gasteiger partial charge in [0.2, 0.25) is 0 Å². The molecule has 1 amide bonds. The van der Waals surface area contributed by atoms with Crippen molar-refractivity contribution in [3.63, 3.8) is 0 Å². The molecule has 3 heteroatoms. The summed E-state index contributed by atoms with van der Waals surface area (Å²) in [4.78, 5) is 14.9. The van der Waals surface area contributed by atoms with Gasteiger partial charge in [-0.05, 0) is 58.5 Å². The smallest absolute Gasteiger partial charge is 0.259 e. The molecular formula is C18H18BrNO. The number of amides is 1. The largest absolute Gasteiger partial charge is 0.308 e. The highest BCUT2D eigenvalue weighted by molar-refractivity contribution is 9.10. The molecule has 0 aliphatic carbocycles. The Morgan fingerprint density at radius 1 is 1.19 bits per heavy atom. The molecule has 0 fully saturated rings. The molecule has 1 aliphatic rings. The molecule has 0 saturated heterocycles. The van der Waals surface area contributed by atoms with E-state index in [2.05, 4.69) is 28.9 Å². The highest BCUT2D eigenvalue weighted by Crippen LogP contribution is 2.32. The van der Waals surface area contributed by atoms with Crippen molar-refractivity contribution in [2.24, 2.45) is 5.92 Å². The number of fused-ring (bicyclic) bond motifs is 1. The number of benzene rings is 2. The van der Waals surface area contributed by atoms with Gasteiger partial charge in [0.15, 0.2) is 0 Å². The van der Waals surface area contributed by atoms with Crippen LogP contribution in [0.5, 0.6) is 0 Å². The van der Waals surface area contributed by atoms with Gasteiger partial charge in [0.25, 0.3) is 5.91 Å². The van der Waals surface area contributed by atoms with Gasteiger partial charge in [-0.2, -0.15) is 0 Å². The van der Waals surface area contributed by atoms with E-state index in [9.17, 15) is 4.79 Å². The molecule has 0 bridgehead atoms. The highest BCUT2D eigenvalue weighted by Gasteiger charge is 2.27. The molecular weight excluding hydrogens is 326 g/mol. The van der Waals surface area contributed by atoms with Crippen LogP contribution in [0, 0.1) is 12.8 Å². The predicted molar refractivity (Wildman–Crippen MR) is 89.9 cm³/mol. The van der Waals surface area contributed by atoms with Gasteiger partial charge in [-0.25, -0.2) is 0 Å². The number of hydrogen-bond acceptors (Lipinski definition) is 1. The third-order valence-corrected chi connectivity index (χ3v) is 5.06. The Kier molecular flexibility index (Phi) is 3.85. The van der Waals surface area contributed by atoms with Gasteiger partial charge in [0, 0.05) is 16.7 Å². The standard InChI is InChI=1S/C18H18BrNO/c1-12-10-14-7-3-4-9-16(14)20(11-12)18(21)15-8-5-6-13(2)17(15)19/h3-9,12H,10-11H2,1-2H3. The van der Waals surface area contributed by atoms with Gasteiger partial charge in [-0.1, -0.05) is 37.3 Å². The molecule has 1 unspecified atom stereocenters. The maximum atomic E-state index is 13.0. The second kappa shape index (κ2) is 5.64. The van der Waals surface area contributed by atoms with E-state index in [1.165, 1.54) is 5.56 Å². The average molecular weight is 344 g/mol. The minimum atomic E-state index is 0.0737. The second-order valence-electron chi connectivity index (χ2n) is 5.79. The SMILES string of the molecule is Cc1cccc(C(=O)N2CC(C)Cc3ccccc32)c1Br. The molecule has 108 valence electrons. The van der Waals surface area contributed by atoms with Crippen LogP contribution in [0.3, 0.4) is 0 Å². The van der Waals surface area contributed by atoms with Gasteiger partial charge < -0.3 is 4.90 Å². The zero-order valence-electron chi connectivity index (χ0n) is 12.3. The van der Waals surface area contributed by atoms with Crippen LogP contribution in [0.2, 0.25) is 0 Å². The van der Waals surface area contributed by atoms with Gasteiger partial charge in [0.1, 0.15) is 0 Å². The molecule has 0 spiro atoms. The van der Waals surface area contributed by atoms with E-state index in [1.807, 2.05) is 48.2 Å². The second-order valence-corrected chi connectivity index (χ2v) is 6.58. The summed E-state index contributed by atoms with van der Waals surface area (Å²) in [5, 5.41) is 0. The molecule has 0 N–H and O–H groups in total. The fourth-order valence-electron chi connectivity index (χ4n) is 2.95. The van der Waals surface area contributed by atoms with Crippen LogP contribution in [0.4, 0.5) is 5.69 Å². The van der Waals surface area contributed by atoms with Crippen LogP contribution in [-0.4, -0.2) is 12.5 Å². The van der Waals surface area contributed by atoms with Crippen molar-refractivity contribution in [2.75, 3.05) is 11.4 Å². The number of carbonyl (C=O) groups excluding carboxylic acids is 1.